The van der Waals surface area contributed by atoms with Crippen LogP contribution in [0.1, 0.15) is 40.0 Å². The third kappa shape index (κ3) is 1.93. The van der Waals surface area contributed by atoms with Crippen LogP contribution >= 0.6 is 0 Å². The molecule has 0 amide bonds. The van der Waals surface area contributed by atoms with Gasteiger partial charge in [-0.1, -0.05) is 20.8 Å². The van der Waals surface area contributed by atoms with Gasteiger partial charge in [-0.3, -0.25) is 4.55 Å². The standard InChI is InChI=1S/C7H16O3S/c1-4-7(5-2,6-3)11(8,9)10/h4-6H2,1-3H3,(H,8,9,10). The van der Waals surface area contributed by atoms with Gasteiger partial charge in [-0.15, -0.1) is 0 Å². The monoisotopic (exact) mass is 180 g/mol. The molecular formula is C7H16O3S. The van der Waals surface area contributed by atoms with Gasteiger partial charge in [-0.25, -0.2) is 0 Å². The van der Waals surface area contributed by atoms with Crippen LogP contribution in [0.3, 0.4) is 0 Å². The quantitative estimate of drug-likeness (QED) is 0.672. The Morgan fingerprint density at radius 2 is 1.36 bits per heavy atom. The highest BCUT2D eigenvalue weighted by Crippen LogP contribution is 2.28. The molecule has 0 aliphatic carbocycles. The van der Waals surface area contributed by atoms with Crippen LogP contribution in [-0.4, -0.2) is 17.7 Å². The van der Waals surface area contributed by atoms with Crippen LogP contribution in [-0.2, 0) is 10.1 Å². The van der Waals surface area contributed by atoms with Gasteiger partial charge in [0.25, 0.3) is 10.1 Å². The molecule has 0 aliphatic heterocycles. The minimum absolute atomic E-state index is 0.471. The van der Waals surface area contributed by atoms with Crippen LogP contribution in [0.2, 0.25) is 0 Å². The third-order valence-corrected chi connectivity index (χ3v) is 4.44. The molecule has 1 N–H and O–H groups in total. The Hall–Kier alpha value is -0.0900. The molecule has 0 spiro atoms. The molecule has 0 radical (unpaired) electrons. The van der Waals surface area contributed by atoms with Crippen molar-refractivity contribution in [3.8, 4) is 0 Å². The zero-order valence-electron chi connectivity index (χ0n) is 7.29. The molecule has 0 unspecified atom stereocenters. The summed E-state index contributed by atoms with van der Waals surface area (Å²) in [4.78, 5) is 0. The maximum absolute atomic E-state index is 10.9. The lowest BCUT2D eigenvalue weighted by atomic mass is 9.99. The molecule has 0 atom stereocenters. The molecule has 3 nitrogen and oxygen atoms in total. The van der Waals surface area contributed by atoms with Crippen molar-refractivity contribution in [2.45, 2.75) is 44.8 Å². The average Bonchev–Trinajstić information content (AvgIpc) is 1.90. The Kier molecular flexibility index (Phi) is 3.51. The van der Waals surface area contributed by atoms with Crippen LogP contribution in [0.5, 0.6) is 0 Å². The summed E-state index contributed by atoms with van der Waals surface area (Å²) < 4.78 is 29.8. The zero-order valence-corrected chi connectivity index (χ0v) is 8.11. The minimum atomic E-state index is -3.88. The molecule has 0 aromatic carbocycles. The van der Waals surface area contributed by atoms with E-state index in [4.69, 9.17) is 4.55 Å². The smallest absolute Gasteiger partial charge is 0.270 e. The average molecular weight is 180 g/mol. The largest absolute Gasteiger partial charge is 0.285 e. The van der Waals surface area contributed by atoms with E-state index >= 15 is 0 Å². The molecule has 4 heteroatoms. The first-order valence-corrected chi connectivity index (χ1v) is 5.34. The summed E-state index contributed by atoms with van der Waals surface area (Å²) in [6.45, 7) is 5.34. The minimum Gasteiger partial charge on any atom is -0.285 e. The van der Waals surface area contributed by atoms with E-state index < -0.39 is 14.9 Å². The third-order valence-electron chi connectivity index (χ3n) is 2.48. The zero-order chi connectivity index (χ0) is 9.12. The fourth-order valence-electron chi connectivity index (χ4n) is 1.30. The molecule has 0 aromatic rings. The first-order chi connectivity index (χ1) is 4.93. The molecule has 0 heterocycles. The highest BCUT2D eigenvalue weighted by Gasteiger charge is 2.37. The van der Waals surface area contributed by atoms with E-state index in [1.54, 1.807) is 20.8 Å². The Morgan fingerprint density at radius 3 is 1.36 bits per heavy atom. The van der Waals surface area contributed by atoms with Crippen molar-refractivity contribution in [2.75, 3.05) is 0 Å². The molecule has 0 saturated carbocycles. The van der Waals surface area contributed by atoms with Crippen molar-refractivity contribution >= 4 is 10.1 Å². The first-order valence-electron chi connectivity index (χ1n) is 3.90. The van der Waals surface area contributed by atoms with Gasteiger partial charge >= 0.3 is 0 Å². The van der Waals surface area contributed by atoms with Crippen LogP contribution in [0.15, 0.2) is 0 Å². The highest BCUT2D eigenvalue weighted by molar-refractivity contribution is 7.87. The summed E-state index contributed by atoms with van der Waals surface area (Å²) >= 11 is 0. The second kappa shape index (κ2) is 3.54. The van der Waals surface area contributed by atoms with Crippen molar-refractivity contribution < 1.29 is 13.0 Å². The summed E-state index contributed by atoms with van der Waals surface area (Å²) in [7, 11) is -3.88. The number of rotatable bonds is 4. The SMILES string of the molecule is CCC(CC)(CC)S(=O)(=O)O. The van der Waals surface area contributed by atoms with E-state index in [9.17, 15) is 8.42 Å². The van der Waals surface area contributed by atoms with Crippen LogP contribution in [0, 0.1) is 0 Å². The van der Waals surface area contributed by atoms with E-state index in [0.717, 1.165) is 0 Å². The lowest BCUT2D eigenvalue weighted by Gasteiger charge is -2.25. The highest BCUT2D eigenvalue weighted by atomic mass is 32.2. The first kappa shape index (κ1) is 10.9. The molecule has 0 fully saturated rings. The predicted molar refractivity (Wildman–Crippen MR) is 45.2 cm³/mol. The lowest BCUT2D eigenvalue weighted by Crippen LogP contribution is -2.36. The number of hydrogen-bond acceptors (Lipinski definition) is 2. The summed E-state index contributed by atoms with van der Waals surface area (Å²) in [6, 6.07) is 0. The van der Waals surface area contributed by atoms with E-state index in [0.29, 0.717) is 19.3 Å². The van der Waals surface area contributed by atoms with E-state index in [1.807, 2.05) is 0 Å². The van der Waals surface area contributed by atoms with Gasteiger partial charge in [-0.05, 0) is 19.3 Å². The molecular weight excluding hydrogens is 164 g/mol. The summed E-state index contributed by atoms with van der Waals surface area (Å²) in [5.74, 6) is 0. The second-order valence-electron chi connectivity index (χ2n) is 2.72. The van der Waals surface area contributed by atoms with E-state index in [1.165, 1.54) is 0 Å². The van der Waals surface area contributed by atoms with Crippen molar-refractivity contribution in [1.29, 1.82) is 0 Å². The van der Waals surface area contributed by atoms with Gasteiger partial charge in [0.1, 0.15) is 0 Å². The molecule has 0 aromatic heterocycles. The summed E-state index contributed by atoms with van der Waals surface area (Å²) in [6.07, 6.45) is 1.41. The normalized spacial score (nSPS) is 13.5. The molecule has 68 valence electrons. The fourth-order valence-corrected chi connectivity index (χ4v) is 2.39. The Balaban J connectivity index is 4.86. The summed E-state index contributed by atoms with van der Waals surface area (Å²) in [5, 5.41) is 0. The van der Waals surface area contributed by atoms with Gasteiger partial charge < -0.3 is 0 Å². The van der Waals surface area contributed by atoms with Gasteiger partial charge in [0, 0.05) is 0 Å². The Labute approximate surface area is 68.6 Å². The lowest BCUT2D eigenvalue weighted by molar-refractivity contribution is 0.398. The Bertz CT molecular complexity index is 193. The van der Waals surface area contributed by atoms with Gasteiger partial charge in [0.05, 0.1) is 4.75 Å². The Morgan fingerprint density at radius 1 is 1.09 bits per heavy atom. The molecule has 11 heavy (non-hydrogen) atoms. The van der Waals surface area contributed by atoms with Crippen molar-refractivity contribution in [3.05, 3.63) is 0 Å². The predicted octanol–water partition coefficient (Wildman–Crippen LogP) is 1.84. The summed E-state index contributed by atoms with van der Waals surface area (Å²) in [5.41, 5.74) is 0. The van der Waals surface area contributed by atoms with Gasteiger partial charge in [-0.2, -0.15) is 8.42 Å². The van der Waals surface area contributed by atoms with Crippen LogP contribution < -0.4 is 0 Å². The maximum atomic E-state index is 10.9. The maximum Gasteiger partial charge on any atom is 0.270 e. The fraction of sp³-hybridized carbons (Fsp3) is 1.00. The van der Waals surface area contributed by atoms with Crippen LogP contribution in [0.4, 0.5) is 0 Å². The van der Waals surface area contributed by atoms with Crippen molar-refractivity contribution in [1.82, 2.24) is 0 Å². The molecule has 0 rings (SSSR count). The molecule has 0 bridgehead atoms. The van der Waals surface area contributed by atoms with Gasteiger partial charge in [0.15, 0.2) is 0 Å². The van der Waals surface area contributed by atoms with Crippen LogP contribution in [0.25, 0.3) is 0 Å². The van der Waals surface area contributed by atoms with E-state index in [2.05, 4.69) is 0 Å². The topological polar surface area (TPSA) is 54.4 Å². The molecule has 0 aliphatic rings. The molecule has 0 saturated heterocycles. The van der Waals surface area contributed by atoms with E-state index in [-0.39, 0.29) is 0 Å². The second-order valence-corrected chi connectivity index (χ2v) is 4.53. The van der Waals surface area contributed by atoms with Crippen molar-refractivity contribution in [2.24, 2.45) is 0 Å². The van der Waals surface area contributed by atoms with Crippen molar-refractivity contribution in [3.63, 3.8) is 0 Å². The van der Waals surface area contributed by atoms with Gasteiger partial charge in [0.2, 0.25) is 0 Å². The number of hydrogen-bond donors (Lipinski definition) is 1.